The van der Waals surface area contributed by atoms with Crippen molar-refractivity contribution in [2.24, 2.45) is 4.99 Å². The molecule has 1 heterocycles. The summed E-state index contributed by atoms with van der Waals surface area (Å²) in [5.41, 5.74) is -1.63. The van der Waals surface area contributed by atoms with Gasteiger partial charge in [0.2, 0.25) is 5.88 Å². The van der Waals surface area contributed by atoms with E-state index >= 15 is 0 Å². The molecule has 26 heavy (non-hydrogen) atoms. The van der Waals surface area contributed by atoms with Crippen molar-refractivity contribution in [3.63, 3.8) is 0 Å². The summed E-state index contributed by atoms with van der Waals surface area (Å²) in [5.74, 6) is -0.642. The number of nitrogens with one attached hydrogen (secondary N) is 1. The Kier molecular flexibility index (Phi) is 5.76. The molecule has 0 unspecified atom stereocenters. The van der Waals surface area contributed by atoms with Gasteiger partial charge in [-0.2, -0.15) is 0 Å². The molecule has 140 valence electrons. The third-order valence-corrected chi connectivity index (χ3v) is 4.06. The maximum atomic E-state index is 12.2. The second-order valence-corrected chi connectivity index (χ2v) is 6.08. The fourth-order valence-electron chi connectivity index (χ4n) is 2.41. The van der Waals surface area contributed by atoms with E-state index in [1.807, 2.05) is 13.0 Å². The fraction of sp³-hybridized carbons (Fsp3) is 0.353. The second-order valence-electron chi connectivity index (χ2n) is 6.08. The number of aromatic hydroxyl groups is 1. The van der Waals surface area contributed by atoms with Gasteiger partial charge in [-0.05, 0) is 25.5 Å². The lowest BCUT2D eigenvalue weighted by Gasteiger charge is -2.22. The quantitative estimate of drug-likeness (QED) is 0.415. The van der Waals surface area contributed by atoms with Crippen molar-refractivity contribution >= 4 is 6.21 Å². The van der Waals surface area contributed by atoms with E-state index in [-0.39, 0.29) is 5.56 Å². The zero-order chi connectivity index (χ0) is 19.5. The lowest BCUT2D eigenvalue weighted by Crippen LogP contribution is -2.40. The molecular weight excluding hydrogens is 342 g/mol. The first-order chi connectivity index (χ1) is 12.3. The van der Waals surface area contributed by atoms with Crippen molar-refractivity contribution in [2.75, 3.05) is 19.8 Å². The van der Waals surface area contributed by atoms with E-state index in [4.69, 9.17) is 0 Å². The van der Waals surface area contributed by atoms with Crippen molar-refractivity contribution in [3.8, 4) is 11.6 Å². The number of aromatic amines is 1. The van der Waals surface area contributed by atoms with Crippen LogP contribution in [0.2, 0.25) is 0 Å². The lowest BCUT2D eigenvalue weighted by molar-refractivity contribution is 0.0718. The van der Waals surface area contributed by atoms with Crippen molar-refractivity contribution in [1.82, 2.24) is 9.55 Å². The van der Waals surface area contributed by atoms with E-state index in [2.05, 4.69) is 9.98 Å². The number of hydrogen-bond donors (Lipinski definition) is 5. The number of nitrogens with zero attached hydrogens (tertiary/aromatic N) is 2. The Morgan fingerprint density at radius 2 is 1.77 bits per heavy atom. The van der Waals surface area contributed by atoms with Crippen LogP contribution in [0.25, 0.3) is 5.69 Å². The van der Waals surface area contributed by atoms with Crippen LogP contribution in [0.4, 0.5) is 0 Å². The van der Waals surface area contributed by atoms with Crippen LogP contribution < -0.4 is 11.2 Å². The van der Waals surface area contributed by atoms with Gasteiger partial charge in [0.25, 0.3) is 5.56 Å². The third-order valence-electron chi connectivity index (χ3n) is 4.06. The van der Waals surface area contributed by atoms with Crippen LogP contribution in [0.3, 0.4) is 0 Å². The summed E-state index contributed by atoms with van der Waals surface area (Å²) in [5, 5.41) is 38.4. The van der Waals surface area contributed by atoms with E-state index in [1.54, 1.807) is 19.1 Å². The van der Waals surface area contributed by atoms with Gasteiger partial charge in [0, 0.05) is 6.21 Å². The van der Waals surface area contributed by atoms with Gasteiger partial charge < -0.3 is 20.4 Å². The summed E-state index contributed by atoms with van der Waals surface area (Å²) in [4.78, 5) is 30.2. The first kappa shape index (κ1) is 19.6. The zero-order valence-corrected chi connectivity index (χ0v) is 14.4. The molecule has 0 amide bonds. The largest absolute Gasteiger partial charge is 0.493 e. The predicted octanol–water partition coefficient (Wildman–Crippen LogP) is -1.02. The highest BCUT2D eigenvalue weighted by Crippen LogP contribution is 2.20. The number of aromatic nitrogens is 2. The van der Waals surface area contributed by atoms with Crippen LogP contribution in [0, 0.1) is 13.8 Å². The number of aliphatic imine (C=N–C) groups is 1. The van der Waals surface area contributed by atoms with Crippen molar-refractivity contribution < 1.29 is 20.4 Å². The molecular formula is C17H21N3O6. The molecule has 0 saturated heterocycles. The van der Waals surface area contributed by atoms with Crippen molar-refractivity contribution in [1.29, 1.82) is 0 Å². The molecule has 9 nitrogen and oxygen atoms in total. The summed E-state index contributed by atoms with van der Waals surface area (Å²) < 4.78 is 0.927. The Morgan fingerprint density at radius 3 is 2.31 bits per heavy atom. The summed E-state index contributed by atoms with van der Waals surface area (Å²) in [6.45, 7) is 1.60. The SMILES string of the molecule is Cc1ccc(-n2c(O)c(C=NC(CO)(CO)CO)c(=O)[nH]c2=O)c(C)c1. The van der Waals surface area contributed by atoms with Crippen LogP contribution in [0.5, 0.6) is 5.88 Å². The van der Waals surface area contributed by atoms with E-state index in [1.165, 1.54) is 0 Å². The minimum absolute atomic E-state index is 0.343. The Morgan fingerprint density at radius 1 is 1.15 bits per heavy atom. The molecule has 1 aromatic carbocycles. The van der Waals surface area contributed by atoms with Gasteiger partial charge in [0.15, 0.2) is 0 Å². The molecule has 0 radical (unpaired) electrons. The van der Waals surface area contributed by atoms with Gasteiger partial charge in [-0.15, -0.1) is 0 Å². The Labute approximate surface area is 148 Å². The maximum absolute atomic E-state index is 12.2. The molecule has 0 fully saturated rings. The van der Waals surface area contributed by atoms with E-state index in [0.717, 1.165) is 16.3 Å². The molecule has 0 aliphatic carbocycles. The normalized spacial score (nSPS) is 12.0. The first-order valence-corrected chi connectivity index (χ1v) is 7.82. The Bertz CT molecular complexity index is 932. The molecule has 2 rings (SSSR count). The van der Waals surface area contributed by atoms with Gasteiger partial charge in [-0.25, -0.2) is 9.36 Å². The van der Waals surface area contributed by atoms with Crippen molar-refractivity contribution in [2.45, 2.75) is 19.4 Å². The summed E-state index contributed by atoms with van der Waals surface area (Å²) >= 11 is 0. The Hall–Kier alpha value is -2.75. The van der Waals surface area contributed by atoms with Gasteiger partial charge in [0.05, 0.1) is 25.5 Å². The number of rotatable bonds is 6. The van der Waals surface area contributed by atoms with Crippen LogP contribution in [-0.4, -0.2) is 61.6 Å². The molecule has 0 saturated carbocycles. The summed E-state index contributed by atoms with van der Waals surface area (Å²) in [6, 6.07) is 5.19. The fourth-order valence-corrected chi connectivity index (χ4v) is 2.41. The maximum Gasteiger partial charge on any atom is 0.335 e. The lowest BCUT2D eigenvalue weighted by atomic mass is 10.1. The second kappa shape index (κ2) is 7.65. The molecule has 1 aromatic heterocycles. The number of benzene rings is 1. The minimum Gasteiger partial charge on any atom is -0.493 e. The van der Waals surface area contributed by atoms with Crippen molar-refractivity contribution in [3.05, 3.63) is 55.7 Å². The molecule has 0 spiro atoms. The summed E-state index contributed by atoms with van der Waals surface area (Å²) in [6.07, 6.45) is 0.913. The highest BCUT2D eigenvalue weighted by atomic mass is 16.3. The zero-order valence-electron chi connectivity index (χ0n) is 14.4. The molecule has 9 heteroatoms. The van der Waals surface area contributed by atoms with Crippen LogP contribution in [0.15, 0.2) is 32.8 Å². The smallest absolute Gasteiger partial charge is 0.335 e. The number of hydrogen-bond acceptors (Lipinski definition) is 7. The number of aliphatic hydroxyl groups excluding tert-OH is 3. The Balaban J connectivity index is 2.67. The molecule has 0 atom stereocenters. The monoisotopic (exact) mass is 363 g/mol. The predicted molar refractivity (Wildman–Crippen MR) is 95.4 cm³/mol. The molecule has 0 aliphatic heterocycles. The highest BCUT2D eigenvalue weighted by molar-refractivity contribution is 5.82. The van der Waals surface area contributed by atoms with Gasteiger partial charge in [-0.1, -0.05) is 17.7 Å². The van der Waals surface area contributed by atoms with Crippen LogP contribution >= 0.6 is 0 Å². The summed E-state index contributed by atoms with van der Waals surface area (Å²) in [7, 11) is 0. The van der Waals surface area contributed by atoms with Gasteiger partial charge >= 0.3 is 5.69 Å². The average Bonchev–Trinajstić information content (AvgIpc) is 2.60. The first-order valence-electron chi connectivity index (χ1n) is 7.82. The third kappa shape index (κ3) is 3.59. The van der Waals surface area contributed by atoms with Gasteiger partial charge in [-0.3, -0.25) is 14.8 Å². The number of aryl methyl sites for hydroxylation is 2. The number of aliphatic hydroxyl groups is 3. The molecule has 0 bridgehead atoms. The topological polar surface area (TPSA) is 148 Å². The minimum atomic E-state index is -1.61. The number of H-pyrrole nitrogens is 1. The van der Waals surface area contributed by atoms with E-state index < -0.39 is 42.5 Å². The van der Waals surface area contributed by atoms with Crippen LogP contribution in [-0.2, 0) is 0 Å². The molecule has 2 aromatic rings. The van der Waals surface area contributed by atoms with Crippen LogP contribution in [0.1, 0.15) is 16.7 Å². The van der Waals surface area contributed by atoms with E-state index in [0.29, 0.717) is 11.3 Å². The molecule has 5 N–H and O–H groups in total. The molecule has 0 aliphatic rings. The standard InChI is InChI=1S/C17H21N3O6/c1-10-3-4-13(11(2)5-10)20-15(25)12(14(24)19-16(20)26)6-18-17(7-21,8-22)9-23/h3-6,21-23,25H,7-9H2,1-2H3,(H,19,24,26). The average molecular weight is 363 g/mol. The van der Waals surface area contributed by atoms with Gasteiger partial charge in [0.1, 0.15) is 11.1 Å². The highest BCUT2D eigenvalue weighted by Gasteiger charge is 2.27. The van der Waals surface area contributed by atoms with E-state index in [9.17, 15) is 30.0 Å².